The molecule has 0 heterocycles. The molecule has 1 rings (SSSR count). The van der Waals surface area contributed by atoms with Crippen LogP contribution in [-0.2, 0) is 0 Å². The average molecular weight is 329 g/mol. The molecule has 0 saturated heterocycles. The molecule has 0 saturated carbocycles. The van der Waals surface area contributed by atoms with E-state index >= 15 is 0 Å². The fraction of sp³-hybridized carbons (Fsp3) is 0.600. The van der Waals surface area contributed by atoms with Gasteiger partial charge in [-0.15, -0.1) is 0 Å². The Kier molecular flexibility index (Phi) is 5.83. The minimum Gasteiger partial charge on any atom is -0.496 e. The standard InChI is InChI=1S/C15H25BrN2O/c1-15(2,10-17)9-13(18(3)4)11-6-7-14(19-5)12(16)8-11/h6-8,13H,9-10,17H2,1-5H3. The number of hydrogen-bond donors (Lipinski definition) is 1. The third-order valence-corrected chi connectivity index (χ3v) is 4.10. The van der Waals surface area contributed by atoms with Crippen LogP contribution in [0.2, 0.25) is 0 Å². The molecule has 0 aliphatic heterocycles. The molecule has 1 unspecified atom stereocenters. The zero-order valence-corrected chi connectivity index (χ0v) is 14.1. The minimum atomic E-state index is 0.126. The van der Waals surface area contributed by atoms with Crippen molar-refractivity contribution in [2.24, 2.45) is 11.1 Å². The molecule has 0 spiro atoms. The normalized spacial score (nSPS) is 13.7. The van der Waals surface area contributed by atoms with Gasteiger partial charge in [0.15, 0.2) is 0 Å². The first-order chi connectivity index (χ1) is 8.80. The quantitative estimate of drug-likeness (QED) is 0.869. The maximum Gasteiger partial charge on any atom is 0.133 e. The van der Waals surface area contributed by atoms with Crippen molar-refractivity contribution in [2.75, 3.05) is 27.7 Å². The van der Waals surface area contributed by atoms with Crippen molar-refractivity contribution in [3.63, 3.8) is 0 Å². The summed E-state index contributed by atoms with van der Waals surface area (Å²) >= 11 is 3.55. The van der Waals surface area contributed by atoms with Gasteiger partial charge in [-0.1, -0.05) is 19.9 Å². The van der Waals surface area contributed by atoms with Crippen molar-refractivity contribution < 1.29 is 4.74 Å². The van der Waals surface area contributed by atoms with Crippen LogP contribution in [0, 0.1) is 5.41 Å². The molecule has 1 atom stereocenters. The molecule has 4 heteroatoms. The first-order valence-corrected chi connectivity index (χ1v) is 7.30. The number of rotatable bonds is 6. The van der Waals surface area contributed by atoms with Gasteiger partial charge < -0.3 is 15.4 Å². The van der Waals surface area contributed by atoms with E-state index in [1.165, 1.54) is 5.56 Å². The summed E-state index contributed by atoms with van der Waals surface area (Å²) in [7, 11) is 5.89. The van der Waals surface area contributed by atoms with Crippen LogP contribution in [0.3, 0.4) is 0 Å². The van der Waals surface area contributed by atoms with Crippen molar-refractivity contribution in [1.29, 1.82) is 0 Å². The van der Waals surface area contributed by atoms with Gasteiger partial charge in [0.25, 0.3) is 0 Å². The largest absolute Gasteiger partial charge is 0.496 e. The SMILES string of the molecule is COc1ccc(C(CC(C)(C)CN)N(C)C)cc1Br. The third-order valence-electron chi connectivity index (χ3n) is 3.48. The van der Waals surface area contributed by atoms with Gasteiger partial charge in [-0.3, -0.25) is 0 Å². The van der Waals surface area contributed by atoms with Crippen molar-refractivity contribution in [3.05, 3.63) is 28.2 Å². The fourth-order valence-electron chi connectivity index (χ4n) is 2.10. The second-order valence-corrected chi connectivity index (χ2v) is 6.80. The summed E-state index contributed by atoms with van der Waals surface area (Å²) < 4.78 is 6.27. The highest BCUT2D eigenvalue weighted by Gasteiger charge is 2.25. The zero-order chi connectivity index (χ0) is 14.6. The van der Waals surface area contributed by atoms with Gasteiger partial charge in [0.2, 0.25) is 0 Å². The van der Waals surface area contributed by atoms with Crippen LogP contribution in [0.4, 0.5) is 0 Å². The lowest BCUT2D eigenvalue weighted by atomic mass is 9.83. The van der Waals surface area contributed by atoms with Crippen LogP contribution in [0.5, 0.6) is 5.75 Å². The smallest absolute Gasteiger partial charge is 0.133 e. The first-order valence-electron chi connectivity index (χ1n) is 6.50. The van der Waals surface area contributed by atoms with Crippen molar-refractivity contribution in [2.45, 2.75) is 26.3 Å². The van der Waals surface area contributed by atoms with Crippen LogP contribution in [0.1, 0.15) is 31.9 Å². The molecule has 0 amide bonds. The predicted molar refractivity (Wildman–Crippen MR) is 84.6 cm³/mol. The summed E-state index contributed by atoms with van der Waals surface area (Å²) in [5.74, 6) is 0.861. The molecule has 2 N–H and O–H groups in total. The molecule has 0 radical (unpaired) electrons. The average Bonchev–Trinajstić information content (AvgIpc) is 2.35. The molecule has 108 valence electrons. The number of halogens is 1. The summed E-state index contributed by atoms with van der Waals surface area (Å²) in [5.41, 5.74) is 7.26. The summed E-state index contributed by atoms with van der Waals surface area (Å²) in [6.07, 6.45) is 1.02. The number of hydrogen-bond acceptors (Lipinski definition) is 3. The summed E-state index contributed by atoms with van der Waals surface area (Å²) in [5, 5.41) is 0. The van der Waals surface area contributed by atoms with Crippen molar-refractivity contribution >= 4 is 15.9 Å². The third kappa shape index (κ3) is 4.48. The highest BCUT2D eigenvalue weighted by Crippen LogP contribution is 2.35. The van der Waals surface area contributed by atoms with Crippen molar-refractivity contribution in [1.82, 2.24) is 4.90 Å². The maximum atomic E-state index is 5.86. The Morgan fingerprint density at radius 1 is 1.37 bits per heavy atom. The molecule has 0 aromatic heterocycles. The Bertz CT molecular complexity index is 419. The molecule has 0 aliphatic carbocycles. The minimum absolute atomic E-state index is 0.126. The first kappa shape index (κ1) is 16.5. The number of methoxy groups -OCH3 is 1. The highest BCUT2D eigenvalue weighted by atomic mass is 79.9. The number of nitrogens with zero attached hydrogens (tertiary/aromatic N) is 1. The second kappa shape index (κ2) is 6.73. The van der Waals surface area contributed by atoms with Gasteiger partial charge in [0.1, 0.15) is 5.75 Å². The molecular formula is C15H25BrN2O. The number of nitrogens with two attached hydrogens (primary N) is 1. The second-order valence-electron chi connectivity index (χ2n) is 5.95. The van der Waals surface area contributed by atoms with Crippen LogP contribution >= 0.6 is 15.9 Å². The highest BCUT2D eigenvalue weighted by molar-refractivity contribution is 9.10. The van der Waals surface area contributed by atoms with Crippen LogP contribution in [0.15, 0.2) is 22.7 Å². The van der Waals surface area contributed by atoms with E-state index in [1.54, 1.807) is 7.11 Å². The Labute approximate surface area is 125 Å². The predicted octanol–water partition coefficient (Wildman–Crippen LogP) is 3.44. The van der Waals surface area contributed by atoms with E-state index in [0.29, 0.717) is 12.6 Å². The van der Waals surface area contributed by atoms with Gasteiger partial charge in [0.05, 0.1) is 11.6 Å². The number of ether oxygens (including phenoxy) is 1. The molecule has 0 fully saturated rings. The lowest BCUT2D eigenvalue weighted by molar-refractivity contribution is 0.202. The molecule has 0 aliphatic rings. The number of benzene rings is 1. The molecule has 3 nitrogen and oxygen atoms in total. The maximum absolute atomic E-state index is 5.86. The van der Waals surface area contributed by atoms with E-state index in [4.69, 9.17) is 10.5 Å². The summed E-state index contributed by atoms with van der Waals surface area (Å²) in [4.78, 5) is 2.24. The van der Waals surface area contributed by atoms with E-state index in [9.17, 15) is 0 Å². The van der Waals surface area contributed by atoms with Crippen molar-refractivity contribution in [3.8, 4) is 5.75 Å². The van der Waals surface area contributed by atoms with Gasteiger partial charge in [-0.2, -0.15) is 0 Å². The van der Waals surface area contributed by atoms with Crippen LogP contribution in [0.25, 0.3) is 0 Å². The summed E-state index contributed by atoms with van der Waals surface area (Å²) in [6, 6.07) is 6.61. The molecule has 0 bridgehead atoms. The Balaban J connectivity index is 3.03. The monoisotopic (exact) mass is 328 g/mol. The van der Waals surface area contributed by atoms with E-state index in [1.807, 2.05) is 6.07 Å². The van der Waals surface area contributed by atoms with Crippen LogP contribution < -0.4 is 10.5 Å². The fourth-order valence-corrected chi connectivity index (χ4v) is 2.65. The molecule has 1 aromatic carbocycles. The Morgan fingerprint density at radius 3 is 2.42 bits per heavy atom. The lowest BCUT2D eigenvalue weighted by Gasteiger charge is -2.33. The van der Waals surface area contributed by atoms with Gasteiger partial charge in [-0.25, -0.2) is 0 Å². The summed E-state index contributed by atoms with van der Waals surface area (Å²) in [6.45, 7) is 5.11. The Hall–Kier alpha value is -0.580. The molecule has 19 heavy (non-hydrogen) atoms. The molecular weight excluding hydrogens is 304 g/mol. The Morgan fingerprint density at radius 2 is 2.00 bits per heavy atom. The van der Waals surface area contributed by atoms with E-state index in [2.05, 4.69) is 60.9 Å². The van der Waals surface area contributed by atoms with E-state index in [0.717, 1.165) is 16.6 Å². The lowest BCUT2D eigenvalue weighted by Crippen LogP contribution is -2.31. The zero-order valence-electron chi connectivity index (χ0n) is 12.5. The molecule has 1 aromatic rings. The van der Waals surface area contributed by atoms with Gasteiger partial charge in [-0.05, 0) is 66.1 Å². The van der Waals surface area contributed by atoms with E-state index in [-0.39, 0.29) is 5.41 Å². The topological polar surface area (TPSA) is 38.5 Å². The van der Waals surface area contributed by atoms with Gasteiger partial charge in [0, 0.05) is 6.04 Å². The van der Waals surface area contributed by atoms with E-state index < -0.39 is 0 Å². The van der Waals surface area contributed by atoms with Crippen LogP contribution in [-0.4, -0.2) is 32.6 Å². The van der Waals surface area contributed by atoms with Gasteiger partial charge >= 0.3 is 0 Å².